The van der Waals surface area contributed by atoms with E-state index in [2.05, 4.69) is 11.8 Å². The summed E-state index contributed by atoms with van der Waals surface area (Å²) in [6, 6.07) is 0.418. The molecule has 0 amide bonds. The Morgan fingerprint density at radius 3 is 2.26 bits per heavy atom. The highest BCUT2D eigenvalue weighted by Gasteiger charge is 2.27. The first-order chi connectivity index (χ1) is 9.00. The maximum absolute atomic E-state index is 10.7. The molecule has 19 heavy (non-hydrogen) atoms. The van der Waals surface area contributed by atoms with Gasteiger partial charge in [-0.05, 0) is 31.7 Å². The van der Waals surface area contributed by atoms with Gasteiger partial charge in [-0.25, -0.2) is 0 Å². The van der Waals surface area contributed by atoms with Crippen molar-refractivity contribution >= 4 is 11.9 Å². The second-order valence-corrected chi connectivity index (χ2v) is 5.51. The highest BCUT2D eigenvalue weighted by molar-refractivity contribution is 5.67. The van der Waals surface area contributed by atoms with E-state index >= 15 is 0 Å². The Bertz CT molecular complexity index is 306. The van der Waals surface area contributed by atoms with Crippen LogP contribution in [0, 0.1) is 5.92 Å². The second kappa shape index (κ2) is 8.15. The van der Waals surface area contributed by atoms with Crippen molar-refractivity contribution in [2.24, 2.45) is 5.92 Å². The van der Waals surface area contributed by atoms with Crippen molar-refractivity contribution in [1.82, 2.24) is 4.90 Å². The summed E-state index contributed by atoms with van der Waals surface area (Å²) in [5, 5.41) is 17.5. The molecule has 0 saturated heterocycles. The summed E-state index contributed by atoms with van der Waals surface area (Å²) >= 11 is 0. The van der Waals surface area contributed by atoms with Gasteiger partial charge < -0.3 is 10.2 Å². The third-order valence-electron chi connectivity index (χ3n) is 3.98. The number of carbonyl (C=O) groups is 2. The topological polar surface area (TPSA) is 77.8 Å². The lowest BCUT2D eigenvalue weighted by atomic mass is 9.84. The molecule has 1 rings (SSSR count). The van der Waals surface area contributed by atoms with E-state index in [1.54, 1.807) is 0 Å². The van der Waals surface area contributed by atoms with Crippen molar-refractivity contribution in [2.45, 2.75) is 57.9 Å². The van der Waals surface area contributed by atoms with E-state index in [0.717, 1.165) is 6.42 Å². The summed E-state index contributed by atoms with van der Waals surface area (Å²) in [5.41, 5.74) is 0. The number of rotatable bonds is 8. The van der Waals surface area contributed by atoms with Gasteiger partial charge in [-0.3, -0.25) is 14.5 Å². The molecule has 0 aromatic carbocycles. The van der Waals surface area contributed by atoms with Crippen molar-refractivity contribution < 1.29 is 19.8 Å². The normalized spacial score (nSPS) is 23.5. The molecule has 5 heteroatoms. The molecule has 0 aromatic heterocycles. The monoisotopic (exact) mass is 271 g/mol. The van der Waals surface area contributed by atoms with Gasteiger partial charge >= 0.3 is 11.9 Å². The van der Waals surface area contributed by atoms with Gasteiger partial charge in [-0.1, -0.05) is 19.8 Å². The first-order valence-electron chi connectivity index (χ1n) is 7.18. The van der Waals surface area contributed by atoms with Gasteiger partial charge in [0.1, 0.15) is 0 Å². The van der Waals surface area contributed by atoms with Crippen molar-refractivity contribution in [2.75, 3.05) is 13.1 Å². The quantitative estimate of drug-likeness (QED) is 0.707. The zero-order valence-corrected chi connectivity index (χ0v) is 11.7. The standard InChI is InChI=1S/C14H25NO4/c1-11-5-2-3-6-12(11)15(10-8-14(18)19)9-4-7-13(16)17/h11-12H,2-10H2,1H3,(H,16,17)(H,18,19). The van der Waals surface area contributed by atoms with E-state index in [0.29, 0.717) is 31.5 Å². The largest absolute Gasteiger partial charge is 0.481 e. The minimum Gasteiger partial charge on any atom is -0.481 e. The molecule has 110 valence electrons. The molecule has 2 unspecified atom stereocenters. The van der Waals surface area contributed by atoms with Crippen LogP contribution in [0.2, 0.25) is 0 Å². The van der Waals surface area contributed by atoms with Gasteiger partial charge in [-0.15, -0.1) is 0 Å². The molecule has 0 bridgehead atoms. The number of nitrogens with zero attached hydrogens (tertiary/aromatic N) is 1. The number of carboxylic acid groups (broad SMARTS) is 2. The van der Waals surface area contributed by atoms with Crippen LogP contribution < -0.4 is 0 Å². The zero-order valence-electron chi connectivity index (χ0n) is 11.7. The third-order valence-corrected chi connectivity index (χ3v) is 3.98. The van der Waals surface area contributed by atoms with Gasteiger partial charge in [0.25, 0.3) is 0 Å². The van der Waals surface area contributed by atoms with Gasteiger partial charge in [0, 0.05) is 19.0 Å². The first-order valence-corrected chi connectivity index (χ1v) is 7.18. The molecule has 1 saturated carbocycles. The van der Waals surface area contributed by atoms with Crippen LogP contribution >= 0.6 is 0 Å². The van der Waals surface area contributed by atoms with Crippen LogP contribution in [0.1, 0.15) is 51.9 Å². The Hall–Kier alpha value is -1.10. The first kappa shape index (κ1) is 16.0. The van der Waals surface area contributed by atoms with E-state index in [-0.39, 0.29) is 12.8 Å². The van der Waals surface area contributed by atoms with E-state index in [1.807, 2.05) is 0 Å². The Morgan fingerprint density at radius 1 is 1.05 bits per heavy atom. The summed E-state index contributed by atoms with van der Waals surface area (Å²) in [7, 11) is 0. The lowest BCUT2D eigenvalue weighted by Crippen LogP contribution is -2.43. The molecule has 0 aliphatic heterocycles. The predicted octanol–water partition coefficient (Wildman–Crippen LogP) is 2.21. The molecule has 1 aliphatic rings. The molecule has 0 heterocycles. The minimum atomic E-state index is -0.785. The van der Waals surface area contributed by atoms with Crippen LogP contribution in [-0.4, -0.2) is 46.2 Å². The average molecular weight is 271 g/mol. The molecule has 0 radical (unpaired) electrons. The SMILES string of the molecule is CC1CCCCC1N(CCCC(=O)O)CCC(=O)O. The predicted molar refractivity (Wildman–Crippen MR) is 72.1 cm³/mol. The summed E-state index contributed by atoms with van der Waals surface area (Å²) in [4.78, 5) is 23.5. The molecular formula is C14H25NO4. The molecule has 5 nitrogen and oxygen atoms in total. The smallest absolute Gasteiger partial charge is 0.304 e. The Balaban J connectivity index is 2.51. The van der Waals surface area contributed by atoms with E-state index in [1.165, 1.54) is 19.3 Å². The molecule has 0 spiro atoms. The molecule has 2 atom stereocenters. The highest BCUT2D eigenvalue weighted by Crippen LogP contribution is 2.28. The van der Waals surface area contributed by atoms with Crippen LogP contribution in [0.4, 0.5) is 0 Å². The maximum atomic E-state index is 10.7. The van der Waals surface area contributed by atoms with Crippen molar-refractivity contribution in [3.05, 3.63) is 0 Å². The van der Waals surface area contributed by atoms with E-state index in [4.69, 9.17) is 10.2 Å². The fourth-order valence-corrected chi connectivity index (χ4v) is 2.96. The number of carboxylic acids is 2. The van der Waals surface area contributed by atoms with Crippen LogP contribution in [0.25, 0.3) is 0 Å². The third kappa shape index (κ3) is 6.05. The number of hydrogen-bond donors (Lipinski definition) is 2. The van der Waals surface area contributed by atoms with Gasteiger partial charge in [-0.2, -0.15) is 0 Å². The lowest BCUT2D eigenvalue weighted by molar-refractivity contribution is -0.139. The number of aliphatic carboxylic acids is 2. The van der Waals surface area contributed by atoms with Crippen LogP contribution in [0.3, 0.4) is 0 Å². The summed E-state index contributed by atoms with van der Waals surface area (Å²) in [6.07, 6.45) is 5.62. The van der Waals surface area contributed by atoms with E-state index < -0.39 is 11.9 Å². The van der Waals surface area contributed by atoms with Crippen LogP contribution in [-0.2, 0) is 9.59 Å². The van der Waals surface area contributed by atoms with Crippen LogP contribution in [0.5, 0.6) is 0 Å². The van der Waals surface area contributed by atoms with Crippen molar-refractivity contribution in [1.29, 1.82) is 0 Å². The molecule has 1 fully saturated rings. The zero-order chi connectivity index (χ0) is 14.3. The highest BCUT2D eigenvalue weighted by atomic mass is 16.4. The number of hydrogen-bond acceptors (Lipinski definition) is 3. The Morgan fingerprint density at radius 2 is 1.68 bits per heavy atom. The molecule has 0 aromatic rings. The molecule has 2 N–H and O–H groups in total. The summed E-state index contributed by atoms with van der Waals surface area (Å²) in [5.74, 6) is -0.992. The average Bonchev–Trinajstić information content (AvgIpc) is 2.34. The molecular weight excluding hydrogens is 246 g/mol. The van der Waals surface area contributed by atoms with E-state index in [9.17, 15) is 9.59 Å². The Kier molecular flexibility index (Phi) is 6.84. The fourth-order valence-electron chi connectivity index (χ4n) is 2.96. The second-order valence-electron chi connectivity index (χ2n) is 5.51. The van der Waals surface area contributed by atoms with Gasteiger partial charge in [0.2, 0.25) is 0 Å². The summed E-state index contributed by atoms with van der Waals surface area (Å²) < 4.78 is 0. The summed E-state index contributed by atoms with van der Waals surface area (Å²) in [6.45, 7) is 3.44. The molecule has 1 aliphatic carbocycles. The fraction of sp³-hybridized carbons (Fsp3) is 0.857. The maximum Gasteiger partial charge on any atom is 0.304 e. The van der Waals surface area contributed by atoms with Gasteiger partial charge in [0.05, 0.1) is 6.42 Å². The van der Waals surface area contributed by atoms with Crippen molar-refractivity contribution in [3.63, 3.8) is 0 Å². The van der Waals surface area contributed by atoms with Crippen molar-refractivity contribution in [3.8, 4) is 0 Å². The lowest BCUT2D eigenvalue weighted by Gasteiger charge is -2.38. The Labute approximate surface area is 114 Å². The minimum absolute atomic E-state index is 0.135. The van der Waals surface area contributed by atoms with Gasteiger partial charge in [0.15, 0.2) is 0 Å². The van der Waals surface area contributed by atoms with Crippen LogP contribution in [0.15, 0.2) is 0 Å².